The Morgan fingerprint density at radius 2 is 1.81 bits per heavy atom. The summed E-state index contributed by atoms with van der Waals surface area (Å²) >= 11 is -0.372. The summed E-state index contributed by atoms with van der Waals surface area (Å²) in [6.07, 6.45) is -13.5. The number of carbonyl (C=O) groups excluding carboxylic acids is 1. The van der Waals surface area contributed by atoms with Crippen molar-refractivity contribution in [3.63, 3.8) is 0 Å². The third-order valence-corrected chi connectivity index (χ3v) is 7.62. The molecule has 0 spiro atoms. The molecule has 48 heavy (non-hydrogen) atoms. The number of thioether (sulfide) groups is 1. The van der Waals surface area contributed by atoms with Crippen LogP contribution in [0.25, 0.3) is 0 Å². The molecule has 1 aromatic heterocycles. The first-order chi connectivity index (χ1) is 32.7. The smallest absolute Gasteiger partial charge is 0.336 e. The third kappa shape index (κ3) is 8.77. The van der Waals surface area contributed by atoms with E-state index in [1.54, 1.807) is 0 Å². The fraction of sp³-hybridized carbons (Fsp3) is 0.486. The Morgan fingerprint density at radius 1 is 1.08 bits per heavy atom. The Bertz CT molecular complexity index is 2790. The number of likely N-dealkylation sites (N-methyl/N-ethyl adjacent to an activating group) is 1. The van der Waals surface area contributed by atoms with Crippen LogP contribution in [0, 0.1) is 11.7 Å². The van der Waals surface area contributed by atoms with Crippen molar-refractivity contribution in [3.8, 4) is 0 Å². The number of alkyl halides is 3. The van der Waals surface area contributed by atoms with Gasteiger partial charge in [0.05, 0.1) is 19.2 Å². The van der Waals surface area contributed by atoms with Crippen LogP contribution < -0.4 is 5.56 Å². The van der Waals surface area contributed by atoms with Crippen LogP contribution in [-0.2, 0) is 29.8 Å². The summed E-state index contributed by atoms with van der Waals surface area (Å²) in [5, 5.41) is -1.23. The molecule has 5 rings (SSSR count). The second kappa shape index (κ2) is 15.8. The summed E-state index contributed by atoms with van der Waals surface area (Å²) < 4.78 is 276. The average molecular weight is 710 g/mol. The molecule has 2 aromatic rings. The highest BCUT2D eigenvalue weighted by Crippen LogP contribution is 2.40. The summed E-state index contributed by atoms with van der Waals surface area (Å²) in [4.78, 5) is 31.2. The molecule has 3 aliphatic carbocycles. The zero-order valence-corrected chi connectivity index (χ0v) is 26.3. The maximum absolute atomic E-state index is 15.4. The van der Waals surface area contributed by atoms with E-state index in [1.807, 2.05) is 0 Å². The van der Waals surface area contributed by atoms with E-state index in [0.29, 0.717) is 13.8 Å². The molecule has 0 fully saturated rings. The predicted molar refractivity (Wildman–Crippen MR) is 182 cm³/mol. The lowest BCUT2D eigenvalue weighted by Crippen LogP contribution is -2.42. The minimum atomic E-state index is -5.26. The Labute approximate surface area is 319 Å². The molecule has 3 aliphatic rings. The van der Waals surface area contributed by atoms with Gasteiger partial charge in [-0.2, -0.15) is 18.2 Å². The fourth-order valence-corrected chi connectivity index (χ4v) is 5.26. The predicted octanol–water partition coefficient (Wildman–Crippen LogP) is 7.44. The number of halogens is 4. The van der Waals surface area contributed by atoms with Crippen LogP contribution in [0.3, 0.4) is 0 Å². The molecule has 6 nitrogen and oxygen atoms in total. The number of benzene rings is 1. The zero-order chi connectivity index (χ0) is 56.5. The van der Waals surface area contributed by atoms with E-state index in [0.717, 1.165) is 6.92 Å². The van der Waals surface area contributed by atoms with Gasteiger partial charge in [0, 0.05) is 57.1 Å². The summed E-state index contributed by atoms with van der Waals surface area (Å²) in [6.45, 7) is -22.7. The molecule has 0 saturated carbocycles. The largest absolute Gasteiger partial charge is 0.412 e. The highest BCUT2D eigenvalue weighted by Gasteiger charge is 2.38. The van der Waals surface area contributed by atoms with Crippen LogP contribution in [0.4, 0.5) is 17.6 Å². The zero-order valence-electron chi connectivity index (χ0n) is 50.5. The van der Waals surface area contributed by atoms with Crippen LogP contribution in [0.5, 0.6) is 0 Å². The number of aromatic nitrogens is 2. The first-order valence-electron chi connectivity index (χ1n) is 26.9. The minimum absolute atomic E-state index is 0.0292. The standard InChI is InChI=1S/C37H44F4N4O2S/c1-4-43(5-2)19-20-44(22-26-9-13-28(14-10-26)29-15-18-32(25(3)21-29)37(39,40)41)34(46)23-45-33-8-6-7-31(33)35(47)42-36(45)48-24-27-11-16-30(38)17-12-27/h9,11-13,15-18,25H,4-8,10,14,19-24H2,1-3H3/i4D2,5D2,9D,10D,11D,12D,13D,14D,15D,16D,17D,18D,19D2,20D2,21D,22D2,23D2,24D2. The first kappa shape index (κ1) is 15.6. The van der Waals surface area contributed by atoms with Crippen molar-refractivity contribution in [1.29, 1.82) is 0 Å². The van der Waals surface area contributed by atoms with Crippen molar-refractivity contribution in [2.45, 2.75) is 82.8 Å². The molecule has 1 amide bonds. The van der Waals surface area contributed by atoms with Crippen molar-refractivity contribution >= 4 is 17.7 Å². The maximum atomic E-state index is 15.4. The van der Waals surface area contributed by atoms with Crippen LogP contribution >= 0.6 is 11.8 Å². The molecule has 258 valence electrons. The number of fused-ring (bicyclic) bond motifs is 1. The van der Waals surface area contributed by atoms with Gasteiger partial charge in [-0.25, -0.2) is 4.39 Å². The van der Waals surface area contributed by atoms with E-state index < -0.39 is 197 Å². The molecule has 4 atom stereocenters. The van der Waals surface area contributed by atoms with Gasteiger partial charge in [0.15, 0.2) is 5.16 Å². The second-order valence-corrected chi connectivity index (χ2v) is 10.8. The number of allylic oxidation sites excluding steroid dienone is 7. The van der Waals surface area contributed by atoms with Gasteiger partial charge >= 0.3 is 6.18 Å². The SMILES string of the molecule is [2H]C1=C(C2=C([2H])C([2H])=C(C(F)(F)F)C(C)C2[2H])C([2H])C([2H])C(C([2H])([2H])N(C(=O)C([2H])([2H])n2c(SC([2H])([2H])c3c([2H])c([2H])c(F)c([2H])c3[2H])nc(=O)c3c2CCC3)C([2H])([2H])C([2H])([2H])N(C([2H])([2H])C)C([2H])([2H])C)=C1[2H]. The van der Waals surface area contributed by atoms with Crippen LogP contribution in [-0.4, -0.2) is 63.9 Å². The summed E-state index contributed by atoms with van der Waals surface area (Å²) in [5.41, 5.74) is -12.0. The van der Waals surface area contributed by atoms with Gasteiger partial charge in [-0.3, -0.25) is 9.59 Å². The van der Waals surface area contributed by atoms with Crippen LogP contribution in [0.2, 0.25) is 0 Å². The lowest BCUT2D eigenvalue weighted by Gasteiger charge is -2.30. The highest BCUT2D eigenvalue weighted by molar-refractivity contribution is 7.98. The van der Waals surface area contributed by atoms with Gasteiger partial charge in [-0.15, -0.1) is 0 Å². The lowest BCUT2D eigenvalue weighted by atomic mass is 9.82. The minimum Gasteiger partial charge on any atom is -0.336 e. The molecular weight excluding hydrogens is 640 g/mol. The molecule has 0 saturated heterocycles. The van der Waals surface area contributed by atoms with Crippen LogP contribution in [0.15, 0.2) is 80.6 Å². The summed E-state index contributed by atoms with van der Waals surface area (Å²) in [5.74, 6) is -6.34. The molecule has 1 aromatic carbocycles. The lowest BCUT2D eigenvalue weighted by molar-refractivity contribution is -0.131. The fourth-order valence-electron chi connectivity index (χ4n) is 4.59. The average Bonchev–Trinajstić information content (AvgIpc) is 3.70. The number of hydrogen-bond acceptors (Lipinski definition) is 5. The maximum Gasteiger partial charge on any atom is 0.412 e. The monoisotopic (exact) mass is 709 g/mol. The first-order valence-corrected chi connectivity index (χ1v) is 15.0. The topological polar surface area (TPSA) is 58.4 Å². The molecule has 0 bridgehead atoms. The van der Waals surface area contributed by atoms with E-state index in [-0.39, 0.29) is 34.7 Å². The Balaban J connectivity index is 1.89. The Kier molecular flexibility index (Phi) is 5.16. The molecule has 0 N–H and O–H groups in total. The van der Waals surface area contributed by atoms with Gasteiger partial charge in [-0.05, 0) is 86.2 Å². The summed E-state index contributed by atoms with van der Waals surface area (Å²) in [7, 11) is 0. The van der Waals surface area contributed by atoms with E-state index in [4.69, 9.17) is 26.0 Å². The van der Waals surface area contributed by atoms with Gasteiger partial charge in [0.25, 0.3) is 5.56 Å². The van der Waals surface area contributed by atoms with Crippen LogP contribution in [0.1, 0.15) is 97.5 Å². The van der Waals surface area contributed by atoms with Gasteiger partial charge < -0.3 is 14.4 Å². The molecule has 11 heteroatoms. The quantitative estimate of drug-likeness (QED) is 0.123. The molecule has 0 radical (unpaired) electrons. The molecule has 1 heterocycles. The van der Waals surface area contributed by atoms with Crippen molar-refractivity contribution in [1.82, 2.24) is 19.4 Å². The molecule has 0 aliphatic heterocycles. The Hall–Kier alpha value is -3.44. The number of amides is 1. The van der Waals surface area contributed by atoms with Crippen molar-refractivity contribution in [3.05, 3.63) is 104 Å². The van der Waals surface area contributed by atoms with Gasteiger partial charge in [-0.1, -0.05) is 74.4 Å². The van der Waals surface area contributed by atoms with Crippen molar-refractivity contribution in [2.24, 2.45) is 5.92 Å². The van der Waals surface area contributed by atoms with E-state index in [1.165, 1.54) is 0 Å². The normalized spacial score (nSPS) is 33.0. The van der Waals surface area contributed by atoms with E-state index in [2.05, 4.69) is 4.98 Å². The van der Waals surface area contributed by atoms with Gasteiger partial charge in [0.2, 0.25) is 5.91 Å². The third-order valence-electron chi connectivity index (χ3n) is 6.86. The number of rotatable bonds is 13. The highest BCUT2D eigenvalue weighted by atomic mass is 32.2. The number of nitrogens with zero attached hydrogens (tertiary/aromatic N) is 4. The molecule has 4 unspecified atom stereocenters. The Morgan fingerprint density at radius 3 is 2.52 bits per heavy atom. The second-order valence-electron chi connectivity index (χ2n) is 10.0. The van der Waals surface area contributed by atoms with Gasteiger partial charge in [0.1, 0.15) is 12.3 Å². The van der Waals surface area contributed by atoms with Crippen molar-refractivity contribution < 1.29 is 56.6 Å². The van der Waals surface area contributed by atoms with Crippen molar-refractivity contribution in [2.75, 3.05) is 32.5 Å². The number of carbonyl (C=O) groups is 1. The summed E-state index contributed by atoms with van der Waals surface area (Å²) in [6, 6.07) is -11.3. The van der Waals surface area contributed by atoms with E-state index >= 15 is 4.79 Å². The van der Waals surface area contributed by atoms with E-state index in [9.17, 15) is 30.6 Å². The molecular formula is C37H44F4N4O2S. The number of hydrogen-bond donors (Lipinski definition) is 0.